The summed E-state index contributed by atoms with van der Waals surface area (Å²) in [6, 6.07) is 13.6. The molecular formula is C17H12Cl2N2O2. The molecule has 6 heteroatoms. The van der Waals surface area contributed by atoms with Crippen molar-refractivity contribution in [2.75, 3.05) is 12.4 Å². The van der Waals surface area contributed by atoms with E-state index < -0.39 is 5.91 Å². The number of anilines is 1. The van der Waals surface area contributed by atoms with Gasteiger partial charge in [0.2, 0.25) is 0 Å². The van der Waals surface area contributed by atoms with Crippen LogP contribution in [-0.4, -0.2) is 13.0 Å². The maximum Gasteiger partial charge on any atom is 0.266 e. The van der Waals surface area contributed by atoms with Crippen molar-refractivity contribution in [2.24, 2.45) is 0 Å². The molecule has 0 fully saturated rings. The number of benzene rings is 2. The third-order valence-corrected chi connectivity index (χ3v) is 3.83. The highest BCUT2D eigenvalue weighted by molar-refractivity contribution is 6.43. The number of hydrogen-bond donors (Lipinski definition) is 1. The molecule has 2 aromatic carbocycles. The molecule has 0 spiro atoms. The Morgan fingerprint density at radius 3 is 2.52 bits per heavy atom. The summed E-state index contributed by atoms with van der Waals surface area (Å²) in [5, 5.41) is 12.5. The Morgan fingerprint density at radius 1 is 1.22 bits per heavy atom. The van der Waals surface area contributed by atoms with Crippen molar-refractivity contribution in [1.29, 1.82) is 5.26 Å². The number of hydrogen-bond acceptors (Lipinski definition) is 3. The van der Waals surface area contributed by atoms with Crippen LogP contribution >= 0.6 is 23.2 Å². The maximum atomic E-state index is 12.2. The van der Waals surface area contributed by atoms with E-state index in [1.165, 1.54) is 6.08 Å². The molecule has 116 valence electrons. The van der Waals surface area contributed by atoms with Gasteiger partial charge in [0, 0.05) is 5.69 Å². The van der Waals surface area contributed by atoms with Gasteiger partial charge in [-0.2, -0.15) is 5.26 Å². The van der Waals surface area contributed by atoms with Gasteiger partial charge in [0.05, 0.1) is 17.2 Å². The summed E-state index contributed by atoms with van der Waals surface area (Å²) in [5.41, 5.74) is 0.972. The van der Waals surface area contributed by atoms with E-state index in [2.05, 4.69) is 5.32 Å². The number of carbonyl (C=O) groups is 1. The first-order chi connectivity index (χ1) is 11.0. The van der Waals surface area contributed by atoms with E-state index in [0.717, 1.165) is 0 Å². The summed E-state index contributed by atoms with van der Waals surface area (Å²) in [5.74, 6) is 0.137. The van der Waals surface area contributed by atoms with Gasteiger partial charge in [-0.15, -0.1) is 0 Å². The Kier molecular flexibility index (Phi) is 5.64. The van der Waals surface area contributed by atoms with Crippen molar-refractivity contribution in [2.45, 2.75) is 0 Å². The van der Waals surface area contributed by atoms with Crippen molar-refractivity contribution in [3.63, 3.8) is 0 Å². The molecule has 1 N–H and O–H groups in total. The van der Waals surface area contributed by atoms with E-state index in [4.69, 9.17) is 27.9 Å². The second-order valence-corrected chi connectivity index (χ2v) is 5.28. The minimum atomic E-state index is -0.534. The summed E-state index contributed by atoms with van der Waals surface area (Å²) < 4.78 is 5.04. The fourth-order valence-electron chi connectivity index (χ4n) is 1.81. The average Bonchev–Trinajstić information content (AvgIpc) is 2.56. The number of nitrogens with zero attached hydrogens (tertiary/aromatic N) is 1. The van der Waals surface area contributed by atoms with Gasteiger partial charge in [0.15, 0.2) is 0 Å². The molecule has 0 aromatic heterocycles. The third-order valence-electron chi connectivity index (χ3n) is 2.99. The SMILES string of the molecule is COc1ccc(NC(=O)/C(C#N)=C/c2cccc(Cl)c2Cl)cc1. The van der Waals surface area contributed by atoms with Crippen LogP contribution in [0.5, 0.6) is 5.75 Å². The molecule has 4 nitrogen and oxygen atoms in total. The molecule has 0 radical (unpaired) electrons. The van der Waals surface area contributed by atoms with Crippen LogP contribution in [0, 0.1) is 11.3 Å². The Hall–Kier alpha value is -2.48. The number of halogens is 2. The van der Waals surface area contributed by atoms with Gasteiger partial charge in [0.1, 0.15) is 17.4 Å². The van der Waals surface area contributed by atoms with Gasteiger partial charge < -0.3 is 10.1 Å². The van der Waals surface area contributed by atoms with Gasteiger partial charge in [-0.05, 0) is 42.0 Å². The average molecular weight is 347 g/mol. The minimum absolute atomic E-state index is 0.0787. The number of amides is 1. The molecule has 0 saturated heterocycles. The number of methoxy groups -OCH3 is 1. The van der Waals surface area contributed by atoms with Crippen LogP contribution in [0.25, 0.3) is 6.08 Å². The van der Waals surface area contributed by atoms with Crippen molar-refractivity contribution in [3.8, 4) is 11.8 Å². The Balaban J connectivity index is 2.22. The number of ether oxygens (including phenoxy) is 1. The van der Waals surface area contributed by atoms with Crippen molar-refractivity contribution in [1.82, 2.24) is 0 Å². The molecule has 0 aliphatic rings. The van der Waals surface area contributed by atoms with Crippen LogP contribution < -0.4 is 10.1 Å². The molecule has 2 aromatic rings. The second kappa shape index (κ2) is 7.68. The first-order valence-corrected chi connectivity index (χ1v) is 7.32. The second-order valence-electron chi connectivity index (χ2n) is 4.50. The van der Waals surface area contributed by atoms with E-state index in [1.807, 2.05) is 6.07 Å². The zero-order chi connectivity index (χ0) is 16.8. The predicted octanol–water partition coefficient (Wildman–Crippen LogP) is 4.55. The van der Waals surface area contributed by atoms with Crippen LogP contribution in [0.3, 0.4) is 0 Å². The molecule has 1 amide bonds. The quantitative estimate of drug-likeness (QED) is 0.652. The Labute approximate surface area is 143 Å². The maximum absolute atomic E-state index is 12.2. The monoisotopic (exact) mass is 346 g/mol. The van der Waals surface area contributed by atoms with E-state index >= 15 is 0 Å². The van der Waals surface area contributed by atoms with Crippen LogP contribution in [0.1, 0.15) is 5.56 Å². The lowest BCUT2D eigenvalue weighted by molar-refractivity contribution is -0.112. The molecule has 0 bridgehead atoms. The summed E-state index contributed by atoms with van der Waals surface area (Å²) >= 11 is 12.0. The summed E-state index contributed by atoms with van der Waals surface area (Å²) in [6.07, 6.45) is 1.40. The topological polar surface area (TPSA) is 62.1 Å². The first kappa shape index (κ1) is 16.9. The number of carbonyl (C=O) groups excluding carboxylic acids is 1. The van der Waals surface area contributed by atoms with E-state index in [9.17, 15) is 10.1 Å². The first-order valence-electron chi connectivity index (χ1n) is 6.56. The van der Waals surface area contributed by atoms with Crippen molar-refractivity contribution >= 4 is 40.9 Å². The summed E-state index contributed by atoms with van der Waals surface area (Å²) in [4.78, 5) is 12.2. The molecule has 0 aliphatic heterocycles. The summed E-state index contributed by atoms with van der Waals surface area (Å²) in [6.45, 7) is 0. The number of nitriles is 1. The molecule has 23 heavy (non-hydrogen) atoms. The number of nitrogens with one attached hydrogen (secondary N) is 1. The van der Waals surface area contributed by atoms with Crippen LogP contribution in [0.2, 0.25) is 10.0 Å². The molecule has 0 heterocycles. The highest BCUT2D eigenvalue weighted by Crippen LogP contribution is 2.27. The largest absolute Gasteiger partial charge is 0.497 e. The fraction of sp³-hybridized carbons (Fsp3) is 0.0588. The zero-order valence-electron chi connectivity index (χ0n) is 12.1. The van der Waals surface area contributed by atoms with Crippen LogP contribution in [0.4, 0.5) is 5.69 Å². The minimum Gasteiger partial charge on any atom is -0.497 e. The lowest BCUT2D eigenvalue weighted by atomic mass is 10.1. The van der Waals surface area contributed by atoms with E-state index in [1.54, 1.807) is 49.6 Å². The fourth-order valence-corrected chi connectivity index (χ4v) is 2.17. The molecule has 0 unspecified atom stereocenters. The zero-order valence-corrected chi connectivity index (χ0v) is 13.7. The smallest absolute Gasteiger partial charge is 0.266 e. The Bertz CT molecular complexity index is 793. The van der Waals surface area contributed by atoms with Crippen LogP contribution in [-0.2, 0) is 4.79 Å². The third kappa shape index (κ3) is 4.26. The molecular weight excluding hydrogens is 335 g/mol. The molecule has 2 rings (SSSR count). The van der Waals surface area contributed by atoms with Crippen molar-refractivity contribution in [3.05, 3.63) is 63.6 Å². The van der Waals surface area contributed by atoms with E-state index in [-0.39, 0.29) is 5.57 Å². The standard InChI is InChI=1S/C17H12Cl2N2O2/c1-23-14-7-5-13(6-8-14)21-17(22)12(10-20)9-11-3-2-4-15(18)16(11)19/h2-9H,1H3,(H,21,22)/b12-9+. The van der Waals surface area contributed by atoms with Gasteiger partial charge in [0.25, 0.3) is 5.91 Å². The lowest BCUT2D eigenvalue weighted by Gasteiger charge is -2.06. The van der Waals surface area contributed by atoms with Gasteiger partial charge in [-0.25, -0.2) is 0 Å². The highest BCUT2D eigenvalue weighted by atomic mass is 35.5. The lowest BCUT2D eigenvalue weighted by Crippen LogP contribution is -2.13. The molecule has 0 saturated carbocycles. The Morgan fingerprint density at radius 2 is 1.91 bits per heavy atom. The normalized spacial score (nSPS) is 10.8. The highest BCUT2D eigenvalue weighted by Gasteiger charge is 2.11. The molecule has 0 aliphatic carbocycles. The van der Waals surface area contributed by atoms with Crippen molar-refractivity contribution < 1.29 is 9.53 Å². The summed E-state index contributed by atoms with van der Waals surface area (Å²) in [7, 11) is 1.55. The van der Waals surface area contributed by atoms with Gasteiger partial charge >= 0.3 is 0 Å². The van der Waals surface area contributed by atoms with Gasteiger partial charge in [-0.3, -0.25) is 4.79 Å². The molecule has 0 atom stereocenters. The van der Waals surface area contributed by atoms with Crippen LogP contribution in [0.15, 0.2) is 48.0 Å². The van der Waals surface area contributed by atoms with E-state index in [0.29, 0.717) is 27.0 Å². The number of rotatable bonds is 4. The predicted molar refractivity (Wildman–Crippen MR) is 91.7 cm³/mol. The van der Waals surface area contributed by atoms with Gasteiger partial charge in [-0.1, -0.05) is 35.3 Å².